The second-order valence-electron chi connectivity index (χ2n) is 5.23. The van der Waals surface area contributed by atoms with Gasteiger partial charge in [0.25, 0.3) is 5.91 Å². The third kappa shape index (κ3) is 6.66. The standard InChI is InChI=1S/C14H25N7O2/c15-14(17-3-1-7-21-8-10-23-11-9-21)18-6-5-16-13(22)12-2-4-19-20-12/h2,4H,1,3,5-11H2,(H,16,22)(H,19,20)(H3,15,17,18). The smallest absolute Gasteiger partial charge is 0.269 e. The maximum absolute atomic E-state index is 11.6. The van der Waals surface area contributed by atoms with E-state index in [0.29, 0.717) is 31.3 Å². The van der Waals surface area contributed by atoms with Crippen molar-refractivity contribution in [3.05, 3.63) is 18.0 Å². The van der Waals surface area contributed by atoms with Crippen LogP contribution in [0.5, 0.6) is 0 Å². The summed E-state index contributed by atoms with van der Waals surface area (Å²) in [6, 6.07) is 1.62. The number of guanidine groups is 1. The van der Waals surface area contributed by atoms with Gasteiger partial charge < -0.3 is 21.1 Å². The van der Waals surface area contributed by atoms with E-state index >= 15 is 0 Å². The number of amides is 1. The highest BCUT2D eigenvalue weighted by Gasteiger charge is 2.09. The van der Waals surface area contributed by atoms with Gasteiger partial charge in [0.15, 0.2) is 5.96 Å². The van der Waals surface area contributed by atoms with Crippen molar-refractivity contribution in [2.24, 2.45) is 10.7 Å². The fourth-order valence-corrected chi connectivity index (χ4v) is 2.22. The number of hydrogen-bond donors (Lipinski definition) is 4. The molecule has 9 heteroatoms. The maximum Gasteiger partial charge on any atom is 0.269 e. The predicted octanol–water partition coefficient (Wildman–Crippen LogP) is -1.23. The Labute approximate surface area is 135 Å². The first kappa shape index (κ1) is 17.2. The average molecular weight is 323 g/mol. The summed E-state index contributed by atoms with van der Waals surface area (Å²) < 4.78 is 5.30. The maximum atomic E-state index is 11.6. The van der Waals surface area contributed by atoms with Gasteiger partial charge in [-0.3, -0.25) is 19.8 Å². The summed E-state index contributed by atoms with van der Waals surface area (Å²) in [5, 5.41) is 12.1. The van der Waals surface area contributed by atoms with Crippen molar-refractivity contribution in [3.8, 4) is 0 Å². The molecular weight excluding hydrogens is 298 g/mol. The van der Waals surface area contributed by atoms with Gasteiger partial charge in [-0.25, -0.2) is 0 Å². The minimum absolute atomic E-state index is 0.190. The lowest BCUT2D eigenvalue weighted by molar-refractivity contribution is 0.0377. The van der Waals surface area contributed by atoms with Gasteiger partial charge in [0.05, 0.1) is 13.2 Å². The molecule has 0 aliphatic carbocycles. The Kier molecular flexibility index (Phi) is 7.34. The number of aromatic amines is 1. The zero-order chi connectivity index (χ0) is 16.3. The van der Waals surface area contributed by atoms with Gasteiger partial charge in [-0.2, -0.15) is 5.10 Å². The molecule has 128 valence electrons. The molecule has 1 aliphatic heterocycles. The van der Waals surface area contributed by atoms with Gasteiger partial charge in [0.2, 0.25) is 0 Å². The van der Waals surface area contributed by atoms with E-state index in [0.717, 1.165) is 39.3 Å². The first-order chi connectivity index (χ1) is 11.3. The molecule has 0 radical (unpaired) electrons. The van der Waals surface area contributed by atoms with E-state index in [1.807, 2.05) is 0 Å². The predicted molar refractivity (Wildman–Crippen MR) is 87.3 cm³/mol. The third-order valence-corrected chi connectivity index (χ3v) is 3.48. The number of ether oxygens (including phenoxy) is 1. The Hall–Kier alpha value is -2.13. The second kappa shape index (κ2) is 9.80. The lowest BCUT2D eigenvalue weighted by atomic mass is 10.3. The van der Waals surface area contributed by atoms with Crippen LogP contribution in [0.3, 0.4) is 0 Å². The number of nitrogens with one attached hydrogen (secondary N) is 3. The van der Waals surface area contributed by atoms with Crippen LogP contribution < -0.4 is 16.4 Å². The van der Waals surface area contributed by atoms with Crippen molar-refractivity contribution in [1.29, 1.82) is 0 Å². The summed E-state index contributed by atoms with van der Waals surface area (Å²) in [5.41, 5.74) is 6.22. The van der Waals surface area contributed by atoms with Crippen molar-refractivity contribution in [2.75, 3.05) is 52.5 Å². The summed E-state index contributed by atoms with van der Waals surface area (Å²) >= 11 is 0. The normalized spacial score (nSPS) is 16.3. The van der Waals surface area contributed by atoms with Crippen molar-refractivity contribution >= 4 is 11.9 Å². The molecule has 0 aromatic carbocycles. The molecule has 9 nitrogen and oxygen atoms in total. The van der Waals surface area contributed by atoms with E-state index in [-0.39, 0.29) is 5.91 Å². The van der Waals surface area contributed by atoms with Crippen LogP contribution in [0.15, 0.2) is 17.3 Å². The second-order valence-corrected chi connectivity index (χ2v) is 5.23. The Bertz CT molecular complexity index is 483. The largest absolute Gasteiger partial charge is 0.379 e. The van der Waals surface area contributed by atoms with E-state index in [1.54, 1.807) is 6.07 Å². The van der Waals surface area contributed by atoms with Crippen LogP contribution in [0, 0.1) is 0 Å². The lowest BCUT2D eigenvalue weighted by Gasteiger charge is -2.26. The molecule has 1 fully saturated rings. The zero-order valence-electron chi connectivity index (χ0n) is 13.3. The van der Waals surface area contributed by atoms with Crippen LogP contribution in [0.2, 0.25) is 0 Å². The highest BCUT2D eigenvalue weighted by atomic mass is 16.5. The van der Waals surface area contributed by atoms with Crippen LogP contribution in [0.1, 0.15) is 16.9 Å². The molecule has 0 atom stereocenters. The van der Waals surface area contributed by atoms with Gasteiger partial charge in [0.1, 0.15) is 5.69 Å². The van der Waals surface area contributed by atoms with Gasteiger partial charge in [0, 0.05) is 45.5 Å². The molecule has 1 aromatic heterocycles. The first-order valence-electron chi connectivity index (χ1n) is 7.87. The fraction of sp³-hybridized carbons (Fsp3) is 0.643. The fourth-order valence-electron chi connectivity index (χ4n) is 2.22. The number of carbonyl (C=O) groups is 1. The van der Waals surface area contributed by atoms with Crippen molar-refractivity contribution in [2.45, 2.75) is 6.42 Å². The third-order valence-electron chi connectivity index (χ3n) is 3.48. The lowest BCUT2D eigenvalue weighted by Crippen LogP contribution is -2.39. The number of nitrogens with zero attached hydrogens (tertiary/aromatic N) is 3. The van der Waals surface area contributed by atoms with E-state index in [2.05, 4.69) is 30.7 Å². The Morgan fingerprint density at radius 3 is 2.91 bits per heavy atom. The van der Waals surface area contributed by atoms with E-state index < -0.39 is 0 Å². The SMILES string of the molecule is NC(=NCCCN1CCOCC1)NCCNC(=O)c1ccn[nH]1. The zero-order valence-corrected chi connectivity index (χ0v) is 13.3. The van der Waals surface area contributed by atoms with Crippen molar-refractivity contribution in [3.63, 3.8) is 0 Å². The van der Waals surface area contributed by atoms with Gasteiger partial charge in [-0.15, -0.1) is 0 Å². The van der Waals surface area contributed by atoms with E-state index in [1.165, 1.54) is 6.20 Å². The summed E-state index contributed by atoms with van der Waals surface area (Å²) in [5.74, 6) is 0.216. The molecule has 2 heterocycles. The molecule has 0 saturated carbocycles. The molecule has 23 heavy (non-hydrogen) atoms. The van der Waals surface area contributed by atoms with E-state index in [4.69, 9.17) is 10.5 Å². The highest BCUT2D eigenvalue weighted by molar-refractivity contribution is 5.92. The first-order valence-corrected chi connectivity index (χ1v) is 7.87. The minimum Gasteiger partial charge on any atom is -0.379 e. The molecule has 0 bridgehead atoms. The number of aliphatic imine (C=N–C) groups is 1. The number of H-pyrrole nitrogens is 1. The molecule has 0 spiro atoms. The number of carbonyl (C=O) groups excluding carboxylic acids is 1. The Morgan fingerprint density at radius 2 is 2.17 bits per heavy atom. The Morgan fingerprint density at radius 1 is 1.39 bits per heavy atom. The summed E-state index contributed by atoms with van der Waals surface area (Å²) in [4.78, 5) is 18.3. The highest BCUT2D eigenvalue weighted by Crippen LogP contribution is 1.97. The van der Waals surface area contributed by atoms with E-state index in [9.17, 15) is 4.79 Å². The number of morpholine rings is 1. The van der Waals surface area contributed by atoms with Crippen molar-refractivity contribution < 1.29 is 9.53 Å². The summed E-state index contributed by atoms with van der Waals surface area (Å²) in [7, 11) is 0. The van der Waals surface area contributed by atoms with Gasteiger partial charge in [-0.1, -0.05) is 0 Å². The summed E-state index contributed by atoms with van der Waals surface area (Å²) in [6.45, 7) is 6.31. The molecule has 1 saturated heterocycles. The number of aromatic nitrogens is 2. The number of nitrogens with two attached hydrogens (primary N) is 1. The van der Waals surface area contributed by atoms with Crippen LogP contribution in [-0.4, -0.2) is 79.4 Å². The topological polar surface area (TPSA) is 121 Å². The average Bonchev–Trinajstić information content (AvgIpc) is 3.11. The molecule has 1 aliphatic rings. The molecule has 1 aromatic rings. The van der Waals surface area contributed by atoms with Crippen molar-refractivity contribution in [1.82, 2.24) is 25.7 Å². The molecule has 2 rings (SSSR count). The monoisotopic (exact) mass is 323 g/mol. The Balaban J connectivity index is 1.50. The summed E-state index contributed by atoms with van der Waals surface area (Å²) in [6.07, 6.45) is 2.51. The van der Waals surface area contributed by atoms with Crippen LogP contribution in [-0.2, 0) is 4.74 Å². The molecular formula is C14H25N7O2. The van der Waals surface area contributed by atoms with Gasteiger partial charge >= 0.3 is 0 Å². The molecule has 5 N–H and O–H groups in total. The quantitative estimate of drug-likeness (QED) is 0.270. The van der Waals surface area contributed by atoms with Crippen LogP contribution >= 0.6 is 0 Å². The minimum atomic E-state index is -0.190. The van der Waals surface area contributed by atoms with Crippen LogP contribution in [0.25, 0.3) is 0 Å². The number of rotatable bonds is 8. The van der Waals surface area contributed by atoms with Gasteiger partial charge in [-0.05, 0) is 12.5 Å². The molecule has 0 unspecified atom stereocenters. The molecule has 1 amide bonds. The van der Waals surface area contributed by atoms with Crippen LogP contribution in [0.4, 0.5) is 0 Å². The number of hydrogen-bond acceptors (Lipinski definition) is 5.